The van der Waals surface area contributed by atoms with Gasteiger partial charge in [0.05, 0.1) is 5.69 Å². The van der Waals surface area contributed by atoms with Crippen LogP contribution in [-0.4, -0.2) is 37.9 Å². The quantitative estimate of drug-likeness (QED) is 0.736. The van der Waals surface area contributed by atoms with E-state index in [1.54, 1.807) is 16.6 Å². The van der Waals surface area contributed by atoms with Crippen molar-refractivity contribution in [3.8, 4) is 0 Å². The number of nitrogens with zero attached hydrogens (tertiary/aromatic N) is 5. The van der Waals surface area contributed by atoms with E-state index >= 15 is 0 Å². The summed E-state index contributed by atoms with van der Waals surface area (Å²) >= 11 is 0. The van der Waals surface area contributed by atoms with Gasteiger partial charge in [0.15, 0.2) is 0 Å². The van der Waals surface area contributed by atoms with Crippen LogP contribution in [0.1, 0.15) is 22.5 Å². The molecule has 1 aromatic carbocycles. The molecule has 0 N–H and O–H groups in total. The maximum atomic E-state index is 12.4. The maximum Gasteiger partial charge on any atom is 0.244 e. The van der Waals surface area contributed by atoms with Gasteiger partial charge in [0.25, 0.3) is 0 Å². The largest absolute Gasteiger partial charge is 0.340 e. The van der Waals surface area contributed by atoms with Crippen LogP contribution in [0, 0.1) is 20.8 Å². The first-order valence-electron chi connectivity index (χ1n) is 7.41. The minimum Gasteiger partial charge on any atom is -0.340 e. The fourth-order valence-corrected chi connectivity index (χ4v) is 2.48. The summed E-state index contributed by atoms with van der Waals surface area (Å²) in [5, 5.41) is 12.0. The van der Waals surface area contributed by atoms with Gasteiger partial charge in [0, 0.05) is 19.3 Å². The maximum absolute atomic E-state index is 12.4. The van der Waals surface area contributed by atoms with Gasteiger partial charge in [-0.25, -0.2) is 4.63 Å². The van der Waals surface area contributed by atoms with E-state index in [-0.39, 0.29) is 12.5 Å². The van der Waals surface area contributed by atoms with E-state index in [2.05, 4.69) is 20.0 Å². The second kappa shape index (κ2) is 5.83. The Morgan fingerprint density at radius 1 is 1.22 bits per heavy atom. The third-order valence-corrected chi connectivity index (χ3v) is 4.19. The van der Waals surface area contributed by atoms with E-state index in [0.29, 0.717) is 17.6 Å². The van der Waals surface area contributed by atoms with Gasteiger partial charge in [-0.15, -0.1) is 0 Å². The lowest BCUT2D eigenvalue weighted by molar-refractivity contribution is -0.131. The molecule has 3 aromatic rings. The lowest BCUT2D eigenvalue weighted by Gasteiger charge is -2.17. The van der Waals surface area contributed by atoms with Gasteiger partial charge in [0.2, 0.25) is 5.91 Å². The summed E-state index contributed by atoms with van der Waals surface area (Å²) in [5.74, 6) is 0.00831. The highest BCUT2D eigenvalue weighted by molar-refractivity contribution is 5.76. The van der Waals surface area contributed by atoms with Crippen molar-refractivity contribution in [3.05, 3.63) is 40.7 Å². The summed E-state index contributed by atoms with van der Waals surface area (Å²) in [6.07, 6.45) is 0. The smallest absolute Gasteiger partial charge is 0.244 e. The van der Waals surface area contributed by atoms with Crippen LogP contribution < -0.4 is 0 Å². The summed E-state index contributed by atoms with van der Waals surface area (Å²) < 4.78 is 6.44. The highest BCUT2D eigenvalue weighted by Crippen LogP contribution is 2.14. The molecule has 1 amide bonds. The molecule has 7 heteroatoms. The first-order valence-corrected chi connectivity index (χ1v) is 7.41. The standard InChI is InChI=1S/C16H19N5O2/c1-10-11(2)17-21(12(10)3)9-16(22)20(4)8-13-5-6-14-15(7-13)19-23-18-14/h5-7H,8-9H2,1-4H3. The van der Waals surface area contributed by atoms with Crippen LogP contribution in [0.3, 0.4) is 0 Å². The fourth-order valence-electron chi connectivity index (χ4n) is 2.48. The molecule has 0 bridgehead atoms. The van der Waals surface area contributed by atoms with E-state index in [4.69, 9.17) is 0 Å². The first kappa shape index (κ1) is 15.2. The Morgan fingerprint density at radius 3 is 2.65 bits per heavy atom. The number of likely N-dealkylation sites (N-methyl/N-ethyl adjacent to an activating group) is 1. The number of hydrogen-bond acceptors (Lipinski definition) is 5. The van der Waals surface area contributed by atoms with Crippen molar-refractivity contribution in [1.29, 1.82) is 0 Å². The van der Waals surface area contributed by atoms with Crippen LogP contribution >= 0.6 is 0 Å². The Labute approximate surface area is 133 Å². The number of benzene rings is 1. The van der Waals surface area contributed by atoms with Gasteiger partial charge in [-0.3, -0.25) is 9.48 Å². The summed E-state index contributed by atoms with van der Waals surface area (Å²) in [4.78, 5) is 14.1. The number of hydrogen-bond donors (Lipinski definition) is 0. The monoisotopic (exact) mass is 313 g/mol. The second-order valence-electron chi connectivity index (χ2n) is 5.79. The Morgan fingerprint density at radius 2 is 1.96 bits per heavy atom. The van der Waals surface area contributed by atoms with Crippen LogP contribution in [0.4, 0.5) is 0 Å². The normalized spacial score (nSPS) is 11.1. The van der Waals surface area contributed by atoms with Crippen molar-refractivity contribution in [2.24, 2.45) is 0 Å². The Kier molecular flexibility index (Phi) is 3.85. The first-order chi connectivity index (χ1) is 11.0. The Bertz CT molecular complexity index is 865. The number of rotatable bonds is 4. The highest BCUT2D eigenvalue weighted by atomic mass is 16.6. The zero-order chi connectivity index (χ0) is 16.6. The molecule has 120 valence electrons. The number of carbonyl (C=O) groups is 1. The molecule has 0 fully saturated rings. The van der Waals surface area contributed by atoms with Crippen molar-refractivity contribution in [2.45, 2.75) is 33.9 Å². The summed E-state index contributed by atoms with van der Waals surface area (Å²) in [6.45, 7) is 6.69. The van der Waals surface area contributed by atoms with Crippen LogP contribution in [0.5, 0.6) is 0 Å². The van der Waals surface area contributed by atoms with Crippen LogP contribution in [0.25, 0.3) is 11.0 Å². The number of amides is 1. The van der Waals surface area contributed by atoms with Crippen molar-refractivity contribution in [3.63, 3.8) is 0 Å². The van der Waals surface area contributed by atoms with Gasteiger partial charge in [-0.05, 0) is 54.3 Å². The predicted molar refractivity (Wildman–Crippen MR) is 84.7 cm³/mol. The number of fused-ring (bicyclic) bond motifs is 1. The van der Waals surface area contributed by atoms with Crippen molar-refractivity contribution in [2.75, 3.05) is 7.05 Å². The molecule has 7 nitrogen and oxygen atoms in total. The number of aryl methyl sites for hydroxylation is 1. The van der Waals surface area contributed by atoms with E-state index in [0.717, 1.165) is 22.5 Å². The van der Waals surface area contributed by atoms with Crippen LogP contribution in [-0.2, 0) is 17.9 Å². The van der Waals surface area contributed by atoms with Gasteiger partial charge in [0.1, 0.15) is 17.6 Å². The Hall–Kier alpha value is -2.70. The molecule has 0 aliphatic heterocycles. The van der Waals surface area contributed by atoms with Crippen molar-refractivity contribution < 1.29 is 9.42 Å². The average Bonchev–Trinajstić information content (AvgIpc) is 3.08. The lowest BCUT2D eigenvalue weighted by atomic mass is 10.2. The van der Waals surface area contributed by atoms with E-state index in [9.17, 15) is 4.79 Å². The molecule has 0 saturated heterocycles. The third kappa shape index (κ3) is 2.94. The summed E-state index contributed by atoms with van der Waals surface area (Å²) in [6, 6.07) is 5.64. The Balaban J connectivity index is 1.70. The number of carbonyl (C=O) groups excluding carboxylic acids is 1. The van der Waals surface area contributed by atoms with Gasteiger partial charge in [-0.1, -0.05) is 6.07 Å². The molecule has 2 heterocycles. The fraction of sp³-hybridized carbons (Fsp3) is 0.375. The molecule has 0 atom stereocenters. The van der Waals surface area contributed by atoms with Crippen molar-refractivity contribution in [1.82, 2.24) is 25.0 Å². The molecule has 23 heavy (non-hydrogen) atoms. The average molecular weight is 313 g/mol. The van der Waals surface area contributed by atoms with Crippen LogP contribution in [0.15, 0.2) is 22.8 Å². The minimum absolute atomic E-state index is 0.00831. The highest BCUT2D eigenvalue weighted by Gasteiger charge is 2.15. The molecule has 0 aliphatic carbocycles. The molecule has 2 aromatic heterocycles. The number of aromatic nitrogens is 4. The molecule has 0 unspecified atom stereocenters. The molecule has 3 rings (SSSR count). The van der Waals surface area contributed by atoms with E-state index < -0.39 is 0 Å². The second-order valence-corrected chi connectivity index (χ2v) is 5.79. The zero-order valence-electron chi connectivity index (χ0n) is 13.7. The molecular formula is C16H19N5O2. The lowest BCUT2D eigenvalue weighted by Crippen LogP contribution is -2.30. The summed E-state index contributed by atoms with van der Waals surface area (Å²) in [7, 11) is 1.78. The molecule has 0 radical (unpaired) electrons. The SMILES string of the molecule is Cc1nn(CC(=O)N(C)Cc2ccc3nonc3c2)c(C)c1C. The van der Waals surface area contributed by atoms with Gasteiger partial charge < -0.3 is 4.90 Å². The van der Waals surface area contributed by atoms with E-state index in [1.165, 1.54) is 0 Å². The van der Waals surface area contributed by atoms with Gasteiger partial charge in [-0.2, -0.15) is 5.10 Å². The molecule has 0 aliphatic rings. The molecule has 0 saturated carbocycles. The van der Waals surface area contributed by atoms with Gasteiger partial charge >= 0.3 is 0 Å². The zero-order valence-corrected chi connectivity index (χ0v) is 13.7. The predicted octanol–water partition coefficient (Wildman–Crippen LogP) is 2.00. The van der Waals surface area contributed by atoms with Crippen LogP contribution in [0.2, 0.25) is 0 Å². The van der Waals surface area contributed by atoms with E-state index in [1.807, 2.05) is 39.0 Å². The minimum atomic E-state index is 0.00831. The molecule has 0 spiro atoms. The van der Waals surface area contributed by atoms with Crippen molar-refractivity contribution >= 4 is 16.9 Å². The summed E-state index contributed by atoms with van der Waals surface area (Å²) in [5.41, 5.74) is 5.50. The molecular weight excluding hydrogens is 294 g/mol. The third-order valence-electron chi connectivity index (χ3n) is 4.19. The topological polar surface area (TPSA) is 77.0 Å².